The Kier molecular flexibility index (Phi) is 4.46. The molecule has 0 saturated heterocycles. The second kappa shape index (κ2) is 6.48. The fourth-order valence-corrected chi connectivity index (χ4v) is 2.06. The van der Waals surface area contributed by atoms with Gasteiger partial charge in [0.1, 0.15) is 11.6 Å². The van der Waals surface area contributed by atoms with E-state index in [0.717, 1.165) is 18.1 Å². The number of hydrogen-bond acceptors (Lipinski definition) is 4. The van der Waals surface area contributed by atoms with Crippen LogP contribution in [-0.2, 0) is 13.0 Å². The van der Waals surface area contributed by atoms with Gasteiger partial charge in [0.2, 0.25) is 0 Å². The SMILES string of the molecule is N#Cc1cc([N+](=O)[O-])cn(CCCc2ccccc2)c1=O. The molecule has 0 atom stereocenters. The first-order valence-electron chi connectivity index (χ1n) is 6.44. The lowest BCUT2D eigenvalue weighted by Gasteiger charge is -2.06. The van der Waals surface area contributed by atoms with E-state index in [9.17, 15) is 14.9 Å². The number of aromatic nitrogens is 1. The maximum atomic E-state index is 11.9. The standard InChI is InChI=1S/C15H13N3O3/c16-10-13-9-14(18(20)21)11-17(15(13)19)8-4-7-12-5-2-1-3-6-12/h1-3,5-6,9,11H,4,7-8H2. The second-order valence-corrected chi connectivity index (χ2v) is 4.57. The van der Waals surface area contributed by atoms with Crippen molar-refractivity contribution in [2.75, 3.05) is 0 Å². The van der Waals surface area contributed by atoms with Crippen LogP contribution in [0.2, 0.25) is 0 Å². The van der Waals surface area contributed by atoms with Crippen molar-refractivity contribution in [1.29, 1.82) is 5.26 Å². The predicted molar refractivity (Wildman–Crippen MR) is 76.8 cm³/mol. The highest BCUT2D eigenvalue weighted by Crippen LogP contribution is 2.11. The molecule has 0 bridgehead atoms. The molecule has 0 aliphatic rings. The van der Waals surface area contributed by atoms with Crippen molar-refractivity contribution in [3.8, 4) is 6.07 Å². The van der Waals surface area contributed by atoms with Gasteiger partial charge < -0.3 is 4.57 Å². The highest BCUT2D eigenvalue weighted by Gasteiger charge is 2.13. The van der Waals surface area contributed by atoms with Crippen LogP contribution in [0.3, 0.4) is 0 Å². The molecule has 0 spiro atoms. The Labute approximate surface area is 121 Å². The number of nitro groups is 1. The van der Waals surface area contributed by atoms with E-state index in [1.54, 1.807) is 6.07 Å². The van der Waals surface area contributed by atoms with E-state index in [-0.39, 0.29) is 11.3 Å². The number of pyridine rings is 1. The minimum Gasteiger partial charge on any atom is -0.308 e. The summed E-state index contributed by atoms with van der Waals surface area (Å²) in [6.45, 7) is 0.337. The molecular weight excluding hydrogens is 270 g/mol. The van der Waals surface area contributed by atoms with Crippen molar-refractivity contribution in [3.63, 3.8) is 0 Å². The summed E-state index contributed by atoms with van der Waals surface area (Å²) in [6, 6.07) is 12.5. The van der Waals surface area contributed by atoms with Gasteiger partial charge >= 0.3 is 0 Å². The zero-order valence-electron chi connectivity index (χ0n) is 11.2. The fourth-order valence-electron chi connectivity index (χ4n) is 2.06. The molecule has 0 aliphatic carbocycles. The van der Waals surface area contributed by atoms with E-state index in [4.69, 9.17) is 5.26 Å². The van der Waals surface area contributed by atoms with Crippen LogP contribution in [0.5, 0.6) is 0 Å². The highest BCUT2D eigenvalue weighted by molar-refractivity contribution is 5.37. The van der Waals surface area contributed by atoms with Gasteiger partial charge in [0.25, 0.3) is 11.2 Å². The van der Waals surface area contributed by atoms with Gasteiger partial charge in [-0.1, -0.05) is 30.3 Å². The van der Waals surface area contributed by atoms with Crippen molar-refractivity contribution in [1.82, 2.24) is 4.57 Å². The maximum absolute atomic E-state index is 11.9. The maximum Gasteiger partial charge on any atom is 0.287 e. The summed E-state index contributed by atoms with van der Waals surface area (Å²) in [4.78, 5) is 22.1. The molecule has 0 aliphatic heterocycles. The van der Waals surface area contributed by atoms with E-state index >= 15 is 0 Å². The predicted octanol–water partition coefficient (Wildman–Crippen LogP) is 2.26. The summed E-state index contributed by atoms with van der Waals surface area (Å²) in [7, 11) is 0. The molecule has 1 aromatic carbocycles. The third-order valence-electron chi connectivity index (χ3n) is 3.11. The highest BCUT2D eigenvalue weighted by atomic mass is 16.6. The summed E-state index contributed by atoms with van der Waals surface area (Å²) >= 11 is 0. The van der Waals surface area contributed by atoms with Gasteiger partial charge in [-0.15, -0.1) is 0 Å². The zero-order chi connectivity index (χ0) is 15.2. The van der Waals surface area contributed by atoms with Crippen molar-refractivity contribution in [2.24, 2.45) is 0 Å². The van der Waals surface area contributed by atoms with Crippen LogP contribution in [0.15, 0.2) is 47.4 Å². The minimum atomic E-state index is -0.603. The quantitative estimate of drug-likeness (QED) is 0.621. The van der Waals surface area contributed by atoms with Crippen molar-refractivity contribution < 1.29 is 4.92 Å². The van der Waals surface area contributed by atoms with E-state index in [2.05, 4.69) is 0 Å². The van der Waals surface area contributed by atoms with E-state index < -0.39 is 10.5 Å². The van der Waals surface area contributed by atoms with Gasteiger partial charge in [0.15, 0.2) is 0 Å². The Hall–Kier alpha value is -2.94. The Morgan fingerprint density at radius 1 is 1.29 bits per heavy atom. The summed E-state index contributed by atoms with van der Waals surface area (Å²) in [5.74, 6) is 0. The number of nitriles is 1. The summed E-state index contributed by atoms with van der Waals surface area (Å²) in [5, 5.41) is 19.7. The summed E-state index contributed by atoms with van der Waals surface area (Å²) in [6.07, 6.45) is 2.61. The van der Waals surface area contributed by atoms with Crippen LogP contribution in [0.4, 0.5) is 5.69 Å². The van der Waals surface area contributed by atoms with Gasteiger partial charge in [-0.3, -0.25) is 14.9 Å². The van der Waals surface area contributed by atoms with Gasteiger partial charge in [-0.05, 0) is 18.4 Å². The zero-order valence-corrected chi connectivity index (χ0v) is 11.2. The van der Waals surface area contributed by atoms with Crippen molar-refractivity contribution in [3.05, 3.63) is 74.2 Å². The first-order valence-corrected chi connectivity index (χ1v) is 6.44. The normalized spacial score (nSPS) is 10.0. The molecule has 0 amide bonds. The first kappa shape index (κ1) is 14.5. The van der Waals surface area contributed by atoms with Gasteiger partial charge in [-0.2, -0.15) is 5.26 Å². The molecule has 21 heavy (non-hydrogen) atoms. The molecule has 2 rings (SSSR count). The lowest BCUT2D eigenvalue weighted by molar-refractivity contribution is -0.385. The molecule has 2 aromatic rings. The Balaban J connectivity index is 2.16. The van der Waals surface area contributed by atoms with Crippen LogP contribution >= 0.6 is 0 Å². The van der Waals surface area contributed by atoms with Crippen LogP contribution in [0.25, 0.3) is 0 Å². The third-order valence-corrected chi connectivity index (χ3v) is 3.11. The molecule has 6 nitrogen and oxygen atoms in total. The van der Waals surface area contributed by atoms with E-state index in [0.29, 0.717) is 13.0 Å². The lowest BCUT2D eigenvalue weighted by Crippen LogP contribution is -2.23. The largest absolute Gasteiger partial charge is 0.308 e. The molecule has 1 heterocycles. The molecule has 106 valence electrons. The number of nitrogens with zero attached hydrogens (tertiary/aromatic N) is 3. The molecule has 6 heteroatoms. The smallest absolute Gasteiger partial charge is 0.287 e. The van der Waals surface area contributed by atoms with Crippen LogP contribution < -0.4 is 5.56 Å². The number of rotatable bonds is 5. The van der Waals surface area contributed by atoms with Gasteiger partial charge in [0, 0.05) is 12.6 Å². The number of hydrogen-bond donors (Lipinski definition) is 0. The Morgan fingerprint density at radius 3 is 2.62 bits per heavy atom. The van der Waals surface area contributed by atoms with Crippen molar-refractivity contribution >= 4 is 5.69 Å². The molecule has 0 radical (unpaired) electrons. The van der Waals surface area contributed by atoms with E-state index in [1.807, 2.05) is 30.3 Å². The first-order chi connectivity index (χ1) is 10.1. The lowest BCUT2D eigenvalue weighted by atomic mass is 10.1. The monoisotopic (exact) mass is 283 g/mol. The van der Waals surface area contributed by atoms with Crippen LogP contribution in [0, 0.1) is 21.4 Å². The molecule has 0 N–H and O–H groups in total. The average Bonchev–Trinajstić information content (AvgIpc) is 2.49. The van der Waals surface area contributed by atoms with Crippen LogP contribution in [-0.4, -0.2) is 9.49 Å². The number of benzene rings is 1. The summed E-state index contributed by atoms with van der Waals surface area (Å²) in [5.41, 5.74) is 0.197. The average molecular weight is 283 g/mol. The molecule has 0 fully saturated rings. The fraction of sp³-hybridized carbons (Fsp3) is 0.200. The third kappa shape index (κ3) is 3.54. The topological polar surface area (TPSA) is 88.9 Å². The summed E-state index contributed by atoms with van der Waals surface area (Å²) < 4.78 is 1.24. The van der Waals surface area contributed by atoms with Gasteiger partial charge in [-0.25, -0.2) is 0 Å². The Morgan fingerprint density at radius 2 is 2.00 bits per heavy atom. The molecule has 0 unspecified atom stereocenters. The molecule has 0 saturated carbocycles. The van der Waals surface area contributed by atoms with Crippen LogP contribution in [0.1, 0.15) is 17.5 Å². The minimum absolute atomic E-state index is 0.205. The molecule has 1 aromatic heterocycles. The number of aryl methyl sites for hydroxylation is 2. The van der Waals surface area contributed by atoms with Gasteiger partial charge in [0.05, 0.1) is 11.1 Å². The van der Waals surface area contributed by atoms with Crippen molar-refractivity contribution in [2.45, 2.75) is 19.4 Å². The molecular formula is C15H13N3O3. The second-order valence-electron chi connectivity index (χ2n) is 4.57. The Bertz CT molecular complexity index is 745. The van der Waals surface area contributed by atoms with E-state index in [1.165, 1.54) is 10.8 Å².